The molecule has 102 valence electrons. The quantitative estimate of drug-likeness (QED) is 0.793. The first-order valence-electron chi connectivity index (χ1n) is 6.77. The van der Waals surface area contributed by atoms with Gasteiger partial charge in [-0.3, -0.25) is 9.97 Å². The monoisotopic (exact) mass is 283 g/mol. The average molecular weight is 283 g/mol. The highest BCUT2D eigenvalue weighted by atomic mass is 32.1. The topological polar surface area (TPSA) is 37.8 Å². The van der Waals surface area contributed by atoms with Crippen LogP contribution in [0.2, 0.25) is 0 Å². The van der Waals surface area contributed by atoms with Gasteiger partial charge in [-0.15, -0.1) is 11.3 Å². The second-order valence-electron chi connectivity index (χ2n) is 4.79. The van der Waals surface area contributed by atoms with Crippen LogP contribution in [0.4, 0.5) is 0 Å². The van der Waals surface area contributed by atoms with Gasteiger partial charge in [0.2, 0.25) is 0 Å². The van der Waals surface area contributed by atoms with E-state index >= 15 is 0 Å². The molecule has 0 bridgehead atoms. The molecule has 0 amide bonds. The highest BCUT2D eigenvalue weighted by molar-refractivity contribution is 7.10. The van der Waals surface area contributed by atoms with E-state index < -0.39 is 0 Å². The zero-order chi connectivity index (χ0) is 13.9. The summed E-state index contributed by atoms with van der Waals surface area (Å²) in [5, 5.41) is 5.78. The smallest absolute Gasteiger partial charge is 0.0890 e. The van der Waals surface area contributed by atoms with Crippen LogP contribution in [-0.4, -0.2) is 16.5 Å². The summed E-state index contributed by atoms with van der Waals surface area (Å²) in [6.45, 7) is 5.20. The van der Waals surface area contributed by atoms with Gasteiger partial charge < -0.3 is 5.32 Å². The third kappa shape index (κ3) is 2.57. The van der Waals surface area contributed by atoms with Crippen molar-refractivity contribution in [3.05, 3.63) is 58.0 Å². The molecule has 1 N–H and O–H groups in total. The number of aryl methyl sites for hydroxylation is 1. The number of hydrogen-bond acceptors (Lipinski definition) is 4. The second kappa shape index (κ2) is 5.69. The van der Waals surface area contributed by atoms with Crippen molar-refractivity contribution in [2.24, 2.45) is 0 Å². The Morgan fingerprint density at radius 3 is 2.60 bits per heavy atom. The SMILES string of the molecule is CCNC(c1csc(C)c1)c1ccc2nccnc2c1. The Balaban J connectivity index is 2.04. The molecule has 0 radical (unpaired) electrons. The van der Waals surface area contributed by atoms with E-state index in [1.54, 1.807) is 23.7 Å². The largest absolute Gasteiger partial charge is 0.307 e. The Hall–Kier alpha value is -1.78. The summed E-state index contributed by atoms with van der Waals surface area (Å²) in [5.74, 6) is 0. The van der Waals surface area contributed by atoms with Crippen molar-refractivity contribution in [1.29, 1.82) is 0 Å². The number of thiophene rings is 1. The Morgan fingerprint density at radius 1 is 1.10 bits per heavy atom. The molecule has 0 aliphatic heterocycles. The van der Waals surface area contributed by atoms with Crippen LogP contribution in [0.3, 0.4) is 0 Å². The van der Waals surface area contributed by atoms with Gasteiger partial charge in [0.25, 0.3) is 0 Å². The van der Waals surface area contributed by atoms with Gasteiger partial charge in [0, 0.05) is 17.3 Å². The average Bonchev–Trinajstić information content (AvgIpc) is 2.90. The minimum atomic E-state index is 0.219. The lowest BCUT2D eigenvalue weighted by atomic mass is 10.0. The van der Waals surface area contributed by atoms with Gasteiger partial charge in [-0.1, -0.05) is 13.0 Å². The molecule has 0 aliphatic rings. The molecule has 0 saturated heterocycles. The van der Waals surface area contributed by atoms with Crippen LogP contribution in [-0.2, 0) is 0 Å². The van der Waals surface area contributed by atoms with Gasteiger partial charge in [0.15, 0.2) is 0 Å². The van der Waals surface area contributed by atoms with Gasteiger partial charge in [-0.2, -0.15) is 0 Å². The van der Waals surface area contributed by atoms with Gasteiger partial charge in [-0.05, 0) is 48.2 Å². The normalized spacial score (nSPS) is 12.7. The van der Waals surface area contributed by atoms with Crippen molar-refractivity contribution in [3.63, 3.8) is 0 Å². The van der Waals surface area contributed by atoms with Gasteiger partial charge in [-0.25, -0.2) is 0 Å². The first-order valence-corrected chi connectivity index (χ1v) is 7.65. The summed E-state index contributed by atoms with van der Waals surface area (Å²) in [6, 6.07) is 8.77. The summed E-state index contributed by atoms with van der Waals surface area (Å²) in [4.78, 5) is 10.1. The zero-order valence-electron chi connectivity index (χ0n) is 11.6. The van der Waals surface area contributed by atoms with Crippen molar-refractivity contribution in [2.75, 3.05) is 6.54 Å². The molecule has 3 rings (SSSR count). The molecule has 0 saturated carbocycles. The number of aromatic nitrogens is 2. The maximum Gasteiger partial charge on any atom is 0.0890 e. The Kier molecular flexibility index (Phi) is 3.76. The van der Waals surface area contributed by atoms with Gasteiger partial charge in [0.1, 0.15) is 0 Å². The van der Waals surface area contributed by atoms with Crippen LogP contribution in [0.1, 0.15) is 29.0 Å². The molecule has 2 heterocycles. The molecule has 1 unspecified atom stereocenters. The number of nitrogens with one attached hydrogen (secondary N) is 1. The van der Waals surface area contributed by atoms with Crippen molar-refractivity contribution < 1.29 is 0 Å². The highest BCUT2D eigenvalue weighted by Gasteiger charge is 2.14. The zero-order valence-corrected chi connectivity index (χ0v) is 12.4. The summed E-state index contributed by atoms with van der Waals surface area (Å²) in [7, 11) is 0. The molecule has 0 aliphatic carbocycles. The number of rotatable bonds is 4. The summed E-state index contributed by atoms with van der Waals surface area (Å²) < 4.78 is 0. The predicted molar refractivity (Wildman–Crippen MR) is 84.1 cm³/mol. The minimum Gasteiger partial charge on any atom is -0.307 e. The van der Waals surface area contributed by atoms with E-state index in [0.717, 1.165) is 17.6 Å². The van der Waals surface area contributed by atoms with E-state index in [1.807, 2.05) is 6.07 Å². The van der Waals surface area contributed by atoms with E-state index in [9.17, 15) is 0 Å². The first kappa shape index (κ1) is 13.2. The van der Waals surface area contributed by atoms with Crippen LogP contribution in [0.25, 0.3) is 11.0 Å². The fourth-order valence-electron chi connectivity index (χ4n) is 2.41. The Bertz CT molecular complexity index is 720. The molecule has 20 heavy (non-hydrogen) atoms. The van der Waals surface area contributed by atoms with Crippen LogP contribution >= 0.6 is 11.3 Å². The lowest BCUT2D eigenvalue weighted by molar-refractivity contribution is 0.633. The van der Waals surface area contributed by atoms with Crippen molar-refractivity contribution in [3.8, 4) is 0 Å². The molecule has 1 atom stereocenters. The summed E-state index contributed by atoms with van der Waals surface area (Å²) in [6.07, 6.45) is 3.47. The minimum absolute atomic E-state index is 0.219. The molecular formula is C16H17N3S. The summed E-state index contributed by atoms with van der Waals surface area (Å²) in [5.41, 5.74) is 4.43. The molecule has 0 spiro atoms. The predicted octanol–water partition coefficient (Wildman–Crippen LogP) is 3.70. The van der Waals surface area contributed by atoms with Crippen LogP contribution in [0.5, 0.6) is 0 Å². The van der Waals surface area contributed by atoms with E-state index in [4.69, 9.17) is 0 Å². The second-order valence-corrected chi connectivity index (χ2v) is 5.90. The summed E-state index contributed by atoms with van der Waals surface area (Å²) >= 11 is 1.79. The number of nitrogens with zero attached hydrogens (tertiary/aromatic N) is 2. The van der Waals surface area contributed by atoms with E-state index in [-0.39, 0.29) is 6.04 Å². The molecule has 4 heteroatoms. The third-order valence-corrected chi connectivity index (χ3v) is 4.20. The van der Waals surface area contributed by atoms with E-state index in [1.165, 1.54) is 16.0 Å². The Morgan fingerprint density at radius 2 is 1.90 bits per heavy atom. The first-order chi connectivity index (χ1) is 9.78. The number of benzene rings is 1. The van der Waals surface area contributed by atoms with Crippen molar-refractivity contribution in [2.45, 2.75) is 19.9 Å². The fourth-order valence-corrected chi connectivity index (χ4v) is 3.14. The maximum absolute atomic E-state index is 4.40. The van der Waals surface area contributed by atoms with Gasteiger partial charge in [0.05, 0.1) is 17.1 Å². The van der Waals surface area contributed by atoms with Gasteiger partial charge >= 0.3 is 0 Å². The number of hydrogen-bond donors (Lipinski definition) is 1. The molecule has 0 fully saturated rings. The molecule has 2 aromatic heterocycles. The van der Waals surface area contributed by atoms with E-state index in [0.29, 0.717) is 0 Å². The molecular weight excluding hydrogens is 266 g/mol. The molecule has 3 nitrogen and oxygen atoms in total. The fraction of sp³-hybridized carbons (Fsp3) is 0.250. The van der Waals surface area contributed by atoms with E-state index in [2.05, 4.69) is 52.7 Å². The molecule has 3 aromatic rings. The molecule has 1 aromatic carbocycles. The maximum atomic E-state index is 4.40. The lowest BCUT2D eigenvalue weighted by Gasteiger charge is -2.17. The van der Waals surface area contributed by atoms with Crippen LogP contribution in [0.15, 0.2) is 42.0 Å². The van der Waals surface area contributed by atoms with Crippen molar-refractivity contribution in [1.82, 2.24) is 15.3 Å². The number of fused-ring (bicyclic) bond motifs is 1. The third-order valence-electron chi connectivity index (χ3n) is 3.32. The Labute approximate surface area is 122 Å². The van der Waals surface area contributed by atoms with Crippen molar-refractivity contribution >= 4 is 22.4 Å². The van der Waals surface area contributed by atoms with Crippen LogP contribution in [0, 0.1) is 6.92 Å². The van der Waals surface area contributed by atoms with Crippen LogP contribution < -0.4 is 5.32 Å². The standard InChI is InChI=1S/C16H17N3S/c1-3-17-16(13-8-11(2)20-10-13)12-4-5-14-15(9-12)19-7-6-18-14/h4-10,16-17H,3H2,1-2H3. The highest BCUT2D eigenvalue weighted by Crippen LogP contribution is 2.27. The lowest BCUT2D eigenvalue weighted by Crippen LogP contribution is -2.21.